The molecule has 216 valence electrons. The highest BCUT2D eigenvalue weighted by atomic mass is 32.2. The average molecular weight is 566 g/mol. The lowest BCUT2D eigenvalue weighted by molar-refractivity contribution is -0.290. The van der Waals surface area contributed by atoms with Crippen molar-refractivity contribution in [3.63, 3.8) is 0 Å². The maximum absolute atomic E-state index is 13.7. The number of hydrogen-bond acceptors (Lipinski definition) is 8. The van der Waals surface area contributed by atoms with Crippen LogP contribution in [0.3, 0.4) is 0 Å². The zero-order valence-corrected chi connectivity index (χ0v) is 24.8. The van der Waals surface area contributed by atoms with Gasteiger partial charge in [-0.3, -0.25) is 4.79 Å². The summed E-state index contributed by atoms with van der Waals surface area (Å²) in [7, 11) is -3.31. The predicted octanol–water partition coefficient (Wildman–Crippen LogP) is 5.34. The van der Waals surface area contributed by atoms with Crippen LogP contribution < -0.4 is 5.32 Å². The second-order valence-electron chi connectivity index (χ2n) is 11.6. The molecule has 0 aliphatic carbocycles. The molecule has 0 spiro atoms. The number of aromatic nitrogens is 2. The number of anilines is 1. The Balaban J connectivity index is 1.96. The maximum atomic E-state index is 13.7. The number of halogens is 1. The molecule has 1 aromatic heterocycles. The Morgan fingerprint density at radius 1 is 1.26 bits per heavy atom. The molecular formula is C28H40FN3O6S. The third-order valence-electron chi connectivity index (χ3n) is 5.74. The van der Waals surface area contributed by atoms with Gasteiger partial charge in [-0.05, 0) is 78.8 Å². The number of nitrogens with zero attached hydrogens (tertiary/aromatic N) is 2. The van der Waals surface area contributed by atoms with E-state index < -0.39 is 27.3 Å². The largest absolute Gasteiger partial charge is 0.460 e. The number of hydrogen-bond donors (Lipinski definition) is 1. The van der Waals surface area contributed by atoms with Crippen LogP contribution in [0.4, 0.5) is 10.3 Å². The predicted molar refractivity (Wildman–Crippen MR) is 149 cm³/mol. The number of nitrogens with one attached hydrogen (secondary N) is 1. The average Bonchev–Trinajstić information content (AvgIpc) is 3.12. The molecule has 3 rings (SSSR count). The molecule has 1 saturated heterocycles. The van der Waals surface area contributed by atoms with Crippen LogP contribution in [-0.4, -0.2) is 59.7 Å². The first-order chi connectivity index (χ1) is 17.9. The van der Waals surface area contributed by atoms with Crippen LogP contribution in [-0.2, 0) is 28.8 Å². The molecule has 0 saturated carbocycles. The lowest BCUT2D eigenvalue weighted by Gasteiger charge is -2.39. The highest BCUT2D eigenvalue weighted by Gasteiger charge is 2.36. The van der Waals surface area contributed by atoms with Crippen LogP contribution >= 0.6 is 0 Å². The fraction of sp³-hybridized carbons (Fsp3) is 0.571. The first-order valence-corrected chi connectivity index (χ1v) is 15.0. The Morgan fingerprint density at radius 2 is 1.90 bits per heavy atom. The highest BCUT2D eigenvalue weighted by molar-refractivity contribution is 7.90. The molecule has 1 aliphatic heterocycles. The Morgan fingerprint density at radius 3 is 2.46 bits per heavy atom. The molecule has 0 unspecified atom stereocenters. The summed E-state index contributed by atoms with van der Waals surface area (Å²) >= 11 is 0. The molecule has 1 N–H and O–H groups in total. The molecule has 0 radical (unpaired) electrons. The number of esters is 1. The van der Waals surface area contributed by atoms with Crippen molar-refractivity contribution in [1.82, 2.24) is 9.55 Å². The minimum atomic E-state index is -3.31. The van der Waals surface area contributed by atoms with Crippen molar-refractivity contribution in [3.05, 3.63) is 41.9 Å². The number of ether oxygens (including phenoxy) is 3. The van der Waals surface area contributed by atoms with Crippen LogP contribution in [0.1, 0.15) is 73.0 Å². The number of carbonyl (C=O) groups is 1. The van der Waals surface area contributed by atoms with Gasteiger partial charge < -0.3 is 24.1 Å². The summed E-state index contributed by atoms with van der Waals surface area (Å²) in [6, 6.07) is 5.88. The van der Waals surface area contributed by atoms with Gasteiger partial charge >= 0.3 is 5.97 Å². The van der Waals surface area contributed by atoms with E-state index in [1.807, 2.05) is 51.3 Å². The third kappa shape index (κ3) is 9.15. The van der Waals surface area contributed by atoms with Crippen LogP contribution in [0, 0.1) is 5.82 Å². The van der Waals surface area contributed by atoms with Crippen molar-refractivity contribution in [3.8, 4) is 11.3 Å². The zero-order valence-electron chi connectivity index (χ0n) is 23.9. The molecular weight excluding hydrogens is 525 g/mol. The lowest BCUT2D eigenvalue weighted by Crippen LogP contribution is -2.45. The van der Waals surface area contributed by atoms with Gasteiger partial charge in [0.2, 0.25) is 5.95 Å². The topological polar surface area (TPSA) is 109 Å². The molecule has 2 atom stereocenters. The fourth-order valence-corrected chi connectivity index (χ4v) is 4.82. The van der Waals surface area contributed by atoms with Gasteiger partial charge in [-0.25, -0.2) is 17.8 Å². The van der Waals surface area contributed by atoms with Gasteiger partial charge in [0.1, 0.15) is 17.3 Å². The van der Waals surface area contributed by atoms with Crippen LogP contribution in [0.2, 0.25) is 0 Å². The molecule has 0 bridgehead atoms. The summed E-state index contributed by atoms with van der Waals surface area (Å²) in [5.41, 5.74) is 1.34. The van der Waals surface area contributed by atoms with E-state index in [9.17, 15) is 17.6 Å². The van der Waals surface area contributed by atoms with Crippen LogP contribution in [0.5, 0.6) is 0 Å². The van der Waals surface area contributed by atoms with Crippen molar-refractivity contribution >= 4 is 27.8 Å². The first-order valence-electron chi connectivity index (χ1n) is 13.0. The standard InChI is InChI=1S/C28H40FN3O6S/c1-18(2)32-23(25(19-9-11-20(29)12-10-19)31-26(32)30-17-39(8,34)35)14-13-21-15-22(37-28(6,7)36-21)16-24(33)38-27(3,4)5/h9-14,18,21-22H,15-17H2,1-8H3,(H,30,31)/t21-,22-/m1/s1. The maximum Gasteiger partial charge on any atom is 0.308 e. The lowest BCUT2D eigenvalue weighted by atomic mass is 10.0. The normalized spacial score (nSPS) is 19.9. The molecule has 11 heteroatoms. The summed E-state index contributed by atoms with van der Waals surface area (Å²) < 4.78 is 56.9. The fourth-order valence-electron chi connectivity index (χ4n) is 4.43. The van der Waals surface area contributed by atoms with E-state index in [1.54, 1.807) is 26.0 Å². The van der Waals surface area contributed by atoms with E-state index in [0.717, 1.165) is 6.26 Å². The number of sulfone groups is 1. The first kappa shape index (κ1) is 30.8. The second kappa shape index (κ2) is 11.8. The Bertz CT molecular complexity index is 1290. The van der Waals surface area contributed by atoms with Gasteiger partial charge in [-0.15, -0.1) is 0 Å². The van der Waals surface area contributed by atoms with Gasteiger partial charge in [-0.1, -0.05) is 6.08 Å². The van der Waals surface area contributed by atoms with Gasteiger partial charge in [0.25, 0.3) is 0 Å². The van der Waals surface area contributed by atoms with Gasteiger partial charge in [0, 0.05) is 24.3 Å². The van der Waals surface area contributed by atoms with Crippen LogP contribution in [0.25, 0.3) is 17.3 Å². The molecule has 9 nitrogen and oxygen atoms in total. The minimum absolute atomic E-state index is 0.0830. The summed E-state index contributed by atoms with van der Waals surface area (Å²) in [6.07, 6.45) is 4.63. The highest BCUT2D eigenvalue weighted by Crippen LogP contribution is 2.33. The summed E-state index contributed by atoms with van der Waals surface area (Å²) in [5, 5.41) is 2.93. The summed E-state index contributed by atoms with van der Waals surface area (Å²) in [6.45, 7) is 13.0. The number of carbonyl (C=O) groups excluding carboxylic acids is 1. The molecule has 1 aliphatic rings. The Kier molecular flexibility index (Phi) is 9.29. The molecule has 0 amide bonds. The molecule has 1 aromatic carbocycles. The number of imidazole rings is 1. The van der Waals surface area contributed by atoms with E-state index in [1.165, 1.54) is 12.1 Å². The SMILES string of the molecule is CC(C)n1c(NCS(C)(=O)=O)nc(-c2ccc(F)cc2)c1C=C[C@@H]1C[C@H](CC(=O)OC(C)(C)C)OC(C)(C)O1. The number of rotatable bonds is 9. The monoisotopic (exact) mass is 565 g/mol. The zero-order chi connectivity index (χ0) is 29.2. The Labute approximate surface area is 230 Å². The molecule has 39 heavy (non-hydrogen) atoms. The molecule has 2 heterocycles. The van der Waals surface area contributed by atoms with E-state index in [-0.39, 0.29) is 36.2 Å². The van der Waals surface area contributed by atoms with Crippen molar-refractivity contribution < 1.29 is 31.8 Å². The van der Waals surface area contributed by atoms with Crippen molar-refractivity contribution in [2.45, 2.75) is 90.9 Å². The number of benzene rings is 1. The quantitative estimate of drug-likeness (QED) is 0.406. The van der Waals surface area contributed by atoms with Crippen molar-refractivity contribution in [2.75, 3.05) is 17.4 Å². The van der Waals surface area contributed by atoms with Crippen LogP contribution in [0.15, 0.2) is 30.3 Å². The third-order valence-corrected chi connectivity index (χ3v) is 6.41. The minimum Gasteiger partial charge on any atom is -0.460 e. The van der Waals surface area contributed by atoms with E-state index >= 15 is 0 Å². The second-order valence-corrected chi connectivity index (χ2v) is 13.7. The smallest absolute Gasteiger partial charge is 0.308 e. The molecule has 2 aromatic rings. The summed E-state index contributed by atoms with van der Waals surface area (Å²) in [4.78, 5) is 17.2. The Hall–Kier alpha value is -2.76. The van der Waals surface area contributed by atoms with Gasteiger partial charge in [0.15, 0.2) is 15.6 Å². The van der Waals surface area contributed by atoms with E-state index in [2.05, 4.69) is 5.32 Å². The van der Waals surface area contributed by atoms with Gasteiger partial charge in [-0.2, -0.15) is 0 Å². The van der Waals surface area contributed by atoms with E-state index in [0.29, 0.717) is 29.3 Å². The van der Waals surface area contributed by atoms with E-state index in [4.69, 9.17) is 19.2 Å². The summed E-state index contributed by atoms with van der Waals surface area (Å²) in [5.74, 6) is -1.55. The molecule has 1 fully saturated rings. The van der Waals surface area contributed by atoms with Crippen molar-refractivity contribution in [1.29, 1.82) is 0 Å². The van der Waals surface area contributed by atoms with Crippen molar-refractivity contribution in [2.24, 2.45) is 0 Å². The van der Waals surface area contributed by atoms with Gasteiger partial charge in [0.05, 0.1) is 30.0 Å².